The molecule has 128 valence electrons. The van der Waals surface area contributed by atoms with Gasteiger partial charge in [0.15, 0.2) is 5.13 Å². The van der Waals surface area contributed by atoms with Gasteiger partial charge in [-0.05, 0) is 29.3 Å². The molecule has 1 heterocycles. The highest BCUT2D eigenvalue weighted by atomic mass is 32.1. The van der Waals surface area contributed by atoms with Crippen molar-refractivity contribution in [3.05, 3.63) is 83.2 Å². The zero-order chi connectivity index (χ0) is 17.9. The van der Waals surface area contributed by atoms with Gasteiger partial charge in [-0.3, -0.25) is 4.79 Å². The molecule has 1 aromatic heterocycles. The van der Waals surface area contributed by atoms with E-state index in [0.717, 1.165) is 16.8 Å². The first kappa shape index (κ1) is 16.5. The Hall–Kier alpha value is -2.98. The average molecular weight is 358 g/mol. The second kappa shape index (κ2) is 7.10. The molecule has 4 heteroatoms. The van der Waals surface area contributed by atoms with Crippen molar-refractivity contribution in [3.63, 3.8) is 0 Å². The summed E-state index contributed by atoms with van der Waals surface area (Å²) in [5.41, 5.74) is 4.12. The number of fused-ring (bicyclic) bond motifs is 1. The molecule has 1 amide bonds. The molecule has 0 bridgehead atoms. The Morgan fingerprint density at radius 3 is 2.58 bits per heavy atom. The monoisotopic (exact) mass is 358 g/mol. The summed E-state index contributed by atoms with van der Waals surface area (Å²) in [6.45, 7) is 2.04. The number of nitrogens with one attached hydrogen (secondary N) is 1. The van der Waals surface area contributed by atoms with Gasteiger partial charge in [-0.1, -0.05) is 66.2 Å². The minimum absolute atomic E-state index is 0.0479. The number of nitrogens with zero attached hydrogens (tertiary/aromatic N) is 1. The molecule has 1 N–H and O–H groups in total. The number of thiazole rings is 1. The molecule has 0 atom stereocenters. The molecule has 0 radical (unpaired) electrons. The summed E-state index contributed by atoms with van der Waals surface area (Å²) in [4.78, 5) is 16.8. The van der Waals surface area contributed by atoms with E-state index in [2.05, 4.69) is 40.6 Å². The predicted molar refractivity (Wildman–Crippen MR) is 109 cm³/mol. The van der Waals surface area contributed by atoms with Gasteiger partial charge in [-0.2, -0.15) is 0 Å². The first-order valence-electron chi connectivity index (χ1n) is 8.47. The molecule has 4 rings (SSSR count). The molecular formula is C22H18N2OS. The van der Waals surface area contributed by atoms with Crippen LogP contribution in [0.2, 0.25) is 0 Å². The van der Waals surface area contributed by atoms with E-state index in [0.29, 0.717) is 11.6 Å². The third-order valence-electron chi connectivity index (χ3n) is 4.28. The van der Waals surface area contributed by atoms with Crippen LogP contribution < -0.4 is 5.32 Å². The van der Waals surface area contributed by atoms with Crippen molar-refractivity contribution in [2.45, 2.75) is 13.3 Å². The van der Waals surface area contributed by atoms with Crippen LogP contribution in [0.15, 0.2) is 72.1 Å². The van der Waals surface area contributed by atoms with Crippen molar-refractivity contribution < 1.29 is 4.79 Å². The topological polar surface area (TPSA) is 42.0 Å². The van der Waals surface area contributed by atoms with Crippen molar-refractivity contribution in [1.82, 2.24) is 4.98 Å². The second-order valence-electron chi connectivity index (χ2n) is 6.31. The van der Waals surface area contributed by atoms with Gasteiger partial charge < -0.3 is 5.32 Å². The molecule has 26 heavy (non-hydrogen) atoms. The normalized spacial score (nSPS) is 10.8. The van der Waals surface area contributed by atoms with Crippen LogP contribution in [0.25, 0.3) is 22.0 Å². The van der Waals surface area contributed by atoms with Gasteiger partial charge in [0, 0.05) is 10.9 Å². The Kier molecular flexibility index (Phi) is 4.50. The number of anilines is 1. The van der Waals surface area contributed by atoms with Crippen LogP contribution >= 0.6 is 11.3 Å². The van der Waals surface area contributed by atoms with Crippen LogP contribution in [0, 0.1) is 6.92 Å². The number of benzene rings is 3. The largest absolute Gasteiger partial charge is 0.302 e. The van der Waals surface area contributed by atoms with Crippen molar-refractivity contribution in [2.75, 3.05) is 5.32 Å². The van der Waals surface area contributed by atoms with Gasteiger partial charge in [0.1, 0.15) is 0 Å². The maximum atomic E-state index is 12.2. The number of rotatable bonds is 4. The standard InChI is InChI=1S/C22H18N2OS/c1-15-6-8-16(9-7-15)12-21(25)24-22-23-20(14-26-22)19-11-10-17-4-2-3-5-18(17)13-19/h2-11,13-14H,12H2,1H3,(H,23,24,25). The lowest BCUT2D eigenvalue weighted by atomic mass is 10.1. The van der Waals surface area contributed by atoms with Crippen molar-refractivity contribution in [3.8, 4) is 11.3 Å². The summed E-state index contributed by atoms with van der Waals surface area (Å²) >= 11 is 1.45. The number of aryl methyl sites for hydroxylation is 1. The van der Waals surface area contributed by atoms with E-state index in [1.165, 1.54) is 27.7 Å². The number of amides is 1. The van der Waals surface area contributed by atoms with Gasteiger partial charge >= 0.3 is 0 Å². The molecule has 0 unspecified atom stereocenters. The van der Waals surface area contributed by atoms with Gasteiger partial charge in [0.05, 0.1) is 12.1 Å². The van der Waals surface area contributed by atoms with Crippen LogP contribution in [-0.2, 0) is 11.2 Å². The summed E-state index contributed by atoms with van der Waals surface area (Å²) in [5, 5.41) is 7.90. The van der Waals surface area contributed by atoms with Crippen molar-refractivity contribution in [2.24, 2.45) is 0 Å². The lowest BCUT2D eigenvalue weighted by Gasteiger charge is -2.03. The Morgan fingerprint density at radius 2 is 1.77 bits per heavy atom. The highest BCUT2D eigenvalue weighted by Gasteiger charge is 2.09. The van der Waals surface area contributed by atoms with Crippen LogP contribution in [-0.4, -0.2) is 10.9 Å². The maximum absolute atomic E-state index is 12.2. The van der Waals surface area contributed by atoms with E-state index in [1.807, 2.05) is 48.7 Å². The number of hydrogen-bond donors (Lipinski definition) is 1. The lowest BCUT2D eigenvalue weighted by Crippen LogP contribution is -2.14. The molecule has 0 saturated carbocycles. The van der Waals surface area contributed by atoms with Crippen LogP contribution in [0.1, 0.15) is 11.1 Å². The minimum atomic E-state index is -0.0479. The quantitative estimate of drug-likeness (QED) is 0.527. The number of carbonyl (C=O) groups is 1. The predicted octanol–water partition coefficient (Wildman–Crippen LogP) is 5.45. The number of carbonyl (C=O) groups excluding carboxylic acids is 1. The number of aromatic nitrogens is 1. The molecule has 3 nitrogen and oxygen atoms in total. The van der Waals surface area contributed by atoms with E-state index in [4.69, 9.17) is 0 Å². The fourth-order valence-corrected chi connectivity index (χ4v) is 3.60. The third-order valence-corrected chi connectivity index (χ3v) is 5.04. The van der Waals surface area contributed by atoms with E-state index in [1.54, 1.807) is 0 Å². The first-order chi connectivity index (χ1) is 12.7. The average Bonchev–Trinajstić information content (AvgIpc) is 3.11. The maximum Gasteiger partial charge on any atom is 0.230 e. The van der Waals surface area contributed by atoms with Crippen LogP contribution in [0.5, 0.6) is 0 Å². The molecule has 4 aromatic rings. The molecular weight excluding hydrogens is 340 g/mol. The fourth-order valence-electron chi connectivity index (χ4n) is 2.87. The summed E-state index contributed by atoms with van der Waals surface area (Å²) in [7, 11) is 0. The Bertz CT molecular complexity index is 1070. The highest BCUT2D eigenvalue weighted by Crippen LogP contribution is 2.27. The van der Waals surface area contributed by atoms with Gasteiger partial charge in [0.2, 0.25) is 5.91 Å². The van der Waals surface area contributed by atoms with E-state index in [-0.39, 0.29) is 5.91 Å². The highest BCUT2D eigenvalue weighted by molar-refractivity contribution is 7.14. The van der Waals surface area contributed by atoms with Gasteiger partial charge in [-0.15, -0.1) is 11.3 Å². The SMILES string of the molecule is Cc1ccc(CC(=O)Nc2nc(-c3ccc4ccccc4c3)cs2)cc1. The Balaban J connectivity index is 1.48. The summed E-state index contributed by atoms with van der Waals surface area (Å²) in [5.74, 6) is -0.0479. The summed E-state index contributed by atoms with van der Waals surface area (Å²) < 4.78 is 0. The molecule has 0 spiro atoms. The second-order valence-corrected chi connectivity index (χ2v) is 7.17. The summed E-state index contributed by atoms with van der Waals surface area (Å²) in [6.07, 6.45) is 0.352. The zero-order valence-electron chi connectivity index (χ0n) is 14.4. The smallest absolute Gasteiger partial charge is 0.230 e. The number of hydrogen-bond acceptors (Lipinski definition) is 3. The van der Waals surface area contributed by atoms with Crippen LogP contribution in [0.4, 0.5) is 5.13 Å². The molecule has 0 aliphatic heterocycles. The zero-order valence-corrected chi connectivity index (χ0v) is 15.2. The van der Waals surface area contributed by atoms with Crippen molar-refractivity contribution >= 4 is 33.1 Å². The van der Waals surface area contributed by atoms with E-state index >= 15 is 0 Å². The fraction of sp³-hybridized carbons (Fsp3) is 0.0909. The third kappa shape index (κ3) is 3.65. The van der Waals surface area contributed by atoms with Crippen LogP contribution in [0.3, 0.4) is 0 Å². The van der Waals surface area contributed by atoms with E-state index in [9.17, 15) is 4.79 Å². The molecule has 0 aliphatic rings. The van der Waals surface area contributed by atoms with E-state index < -0.39 is 0 Å². The van der Waals surface area contributed by atoms with Gasteiger partial charge in [0.25, 0.3) is 0 Å². The first-order valence-corrected chi connectivity index (χ1v) is 9.35. The minimum Gasteiger partial charge on any atom is -0.302 e. The Morgan fingerprint density at radius 1 is 1.00 bits per heavy atom. The van der Waals surface area contributed by atoms with Crippen molar-refractivity contribution in [1.29, 1.82) is 0 Å². The van der Waals surface area contributed by atoms with Gasteiger partial charge in [-0.25, -0.2) is 4.98 Å². The molecule has 3 aromatic carbocycles. The summed E-state index contributed by atoms with van der Waals surface area (Å²) in [6, 6.07) is 22.5. The molecule has 0 saturated heterocycles. The molecule has 0 aliphatic carbocycles. The Labute approximate surface area is 156 Å². The lowest BCUT2D eigenvalue weighted by molar-refractivity contribution is -0.115. The molecule has 0 fully saturated rings.